The van der Waals surface area contributed by atoms with Gasteiger partial charge in [0.15, 0.2) is 0 Å². The molecule has 0 aromatic heterocycles. The van der Waals surface area contributed by atoms with Gasteiger partial charge in [0.1, 0.15) is 17.7 Å². The van der Waals surface area contributed by atoms with Crippen LogP contribution < -0.4 is 4.74 Å². The van der Waals surface area contributed by atoms with Gasteiger partial charge in [-0.25, -0.2) is 4.39 Å². The van der Waals surface area contributed by atoms with E-state index in [4.69, 9.17) is 4.74 Å². The summed E-state index contributed by atoms with van der Waals surface area (Å²) >= 11 is 0. The first kappa shape index (κ1) is 15.4. The lowest BCUT2D eigenvalue weighted by Gasteiger charge is -2.18. The number of rotatable bonds is 6. The van der Waals surface area contributed by atoms with E-state index in [1.807, 2.05) is 0 Å². The average Bonchev–Trinajstić information content (AvgIpc) is 2.37. The van der Waals surface area contributed by atoms with Gasteiger partial charge in [0, 0.05) is 11.6 Å². The maximum atomic E-state index is 13.7. The normalized spacial score (nSPS) is 13.7. The molecule has 5 nitrogen and oxygen atoms in total. The second-order valence-electron chi connectivity index (χ2n) is 3.91. The molecule has 0 bridgehead atoms. The van der Waals surface area contributed by atoms with Crippen molar-refractivity contribution in [1.29, 1.82) is 0 Å². The molecule has 19 heavy (non-hydrogen) atoms. The van der Waals surface area contributed by atoms with E-state index in [1.54, 1.807) is 6.92 Å². The van der Waals surface area contributed by atoms with Crippen molar-refractivity contribution in [2.24, 2.45) is 0 Å². The number of ether oxygens (including phenoxy) is 2. The topological polar surface area (TPSA) is 76.0 Å². The van der Waals surface area contributed by atoms with E-state index >= 15 is 0 Å². The monoisotopic (exact) mass is 272 g/mol. The van der Waals surface area contributed by atoms with Crippen LogP contribution in [0.2, 0.25) is 0 Å². The number of aliphatic hydroxyl groups excluding tert-OH is 2. The van der Waals surface area contributed by atoms with Crippen LogP contribution in [-0.4, -0.2) is 36.0 Å². The Kier molecular flexibility index (Phi) is 5.72. The average molecular weight is 272 g/mol. The molecule has 0 aliphatic carbocycles. The molecule has 1 aromatic rings. The van der Waals surface area contributed by atoms with Gasteiger partial charge in [-0.2, -0.15) is 0 Å². The van der Waals surface area contributed by atoms with E-state index in [1.165, 1.54) is 19.2 Å². The van der Waals surface area contributed by atoms with Gasteiger partial charge in [-0.3, -0.25) is 4.79 Å². The summed E-state index contributed by atoms with van der Waals surface area (Å²) in [6.45, 7) is 1.81. The van der Waals surface area contributed by atoms with Gasteiger partial charge in [-0.05, 0) is 19.1 Å². The Morgan fingerprint density at radius 1 is 1.42 bits per heavy atom. The molecule has 1 rings (SSSR count). The van der Waals surface area contributed by atoms with Crippen molar-refractivity contribution in [3.8, 4) is 5.75 Å². The van der Waals surface area contributed by atoms with E-state index in [9.17, 15) is 19.4 Å². The Labute approximate surface area is 110 Å². The molecule has 0 aliphatic rings. The van der Waals surface area contributed by atoms with Gasteiger partial charge in [-0.1, -0.05) is 0 Å². The van der Waals surface area contributed by atoms with Crippen LogP contribution in [0.15, 0.2) is 18.2 Å². The molecular weight excluding hydrogens is 255 g/mol. The molecule has 0 spiro atoms. The lowest BCUT2D eigenvalue weighted by atomic mass is 10.0. The maximum Gasteiger partial charge on any atom is 0.308 e. The molecule has 106 valence electrons. The van der Waals surface area contributed by atoms with Crippen molar-refractivity contribution in [1.82, 2.24) is 0 Å². The summed E-state index contributed by atoms with van der Waals surface area (Å²) in [7, 11) is 1.39. The van der Waals surface area contributed by atoms with Gasteiger partial charge < -0.3 is 19.7 Å². The molecule has 0 amide bonds. The van der Waals surface area contributed by atoms with Crippen LogP contribution in [0, 0.1) is 5.82 Å². The van der Waals surface area contributed by atoms with Crippen molar-refractivity contribution >= 4 is 5.97 Å². The van der Waals surface area contributed by atoms with Crippen LogP contribution in [0.1, 0.15) is 25.0 Å². The lowest BCUT2D eigenvalue weighted by Crippen LogP contribution is -2.23. The maximum absolute atomic E-state index is 13.7. The summed E-state index contributed by atoms with van der Waals surface area (Å²) in [6.07, 6.45) is -3.34. The highest BCUT2D eigenvalue weighted by Crippen LogP contribution is 2.25. The van der Waals surface area contributed by atoms with Gasteiger partial charge in [0.05, 0.1) is 26.2 Å². The zero-order valence-corrected chi connectivity index (χ0v) is 10.8. The number of aliphatic hydroxyl groups is 2. The van der Waals surface area contributed by atoms with Crippen LogP contribution in [0.5, 0.6) is 5.75 Å². The second kappa shape index (κ2) is 7.06. The predicted octanol–water partition coefficient (Wildman–Crippen LogP) is 1.18. The van der Waals surface area contributed by atoms with Crippen LogP contribution in [0.25, 0.3) is 0 Å². The van der Waals surface area contributed by atoms with Crippen LogP contribution in [0.3, 0.4) is 0 Å². The van der Waals surface area contributed by atoms with E-state index in [0.717, 1.165) is 6.07 Å². The summed E-state index contributed by atoms with van der Waals surface area (Å²) in [6, 6.07) is 3.85. The van der Waals surface area contributed by atoms with Gasteiger partial charge in [0.25, 0.3) is 0 Å². The summed E-state index contributed by atoms with van der Waals surface area (Å²) in [5.74, 6) is -1.06. The van der Waals surface area contributed by atoms with Crippen LogP contribution in [-0.2, 0) is 9.53 Å². The van der Waals surface area contributed by atoms with Crippen LogP contribution >= 0.6 is 0 Å². The van der Waals surface area contributed by atoms with Crippen molar-refractivity contribution in [2.75, 3.05) is 13.7 Å². The molecule has 2 unspecified atom stereocenters. The number of esters is 1. The van der Waals surface area contributed by atoms with Gasteiger partial charge in [0.2, 0.25) is 0 Å². The third-order valence-corrected chi connectivity index (χ3v) is 2.57. The fourth-order valence-electron chi connectivity index (χ4n) is 1.58. The summed E-state index contributed by atoms with van der Waals surface area (Å²) in [4.78, 5) is 11.2. The smallest absolute Gasteiger partial charge is 0.308 e. The zero-order chi connectivity index (χ0) is 14.4. The first-order valence-corrected chi connectivity index (χ1v) is 5.84. The Morgan fingerprint density at radius 3 is 2.63 bits per heavy atom. The number of methoxy groups -OCH3 is 1. The fraction of sp³-hybridized carbons (Fsp3) is 0.462. The molecule has 1 aromatic carbocycles. The number of carbonyl (C=O) groups excluding carboxylic acids is 1. The zero-order valence-electron chi connectivity index (χ0n) is 10.8. The molecule has 0 heterocycles. The summed E-state index contributed by atoms with van der Waals surface area (Å²) in [5, 5.41) is 19.5. The van der Waals surface area contributed by atoms with Crippen molar-refractivity contribution < 1.29 is 28.9 Å². The van der Waals surface area contributed by atoms with Crippen molar-refractivity contribution in [3.63, 3.8) is 0 Å². The highest BCUT2D eigenvalue weighted by Gasteiger charge is 2.24. The molecule has 2 atom stereocenters. The van der Waals surface area contributed by atoms with Gasteiger partial charge >= 0.3 is 5.97 Å². The number of benzene rings is 1. The van der Waals surface area contributed by atoms with Crippen molar-refractivity contribution in [3.05, 3.63) is 29.6 Å². The van der Waals surface area contributed by atoms with E-state index < -0.39 is 30.4 Å². The third kappa shape index (κ3) is 4.18. The standard InChI is InChI=1S/C13H17FO5/c1-3-19-12(16)7-11(15)13(17)9-5-4-8(18-2)6-10(9)14/h4-6,11,13,15,17H,3,7H2,1-2H3. The van der Waals surface area contributed by atoms with E-state index in [2.05, 4.69) is 4.74 Å². The highest BCUT2D eigenvalue weighted by molar-refractivity contribution is 5.70. The largest absolute Gasteiger partial charge is 0.497 e. The van der Waals surface area contributed by atoms with E-state index in [-0.39, 0.29) is 12.2 Å². The SMILES string of the molecule is CCOC(=O)CC(O)C(O)c1ccc(OC)cc1F. The first-order chi connectivity index (χ1) is 8.99. The molecule has 6 heteroatoms. The molecule has 0 saturated heterocycles. The number of hydrogen-bond donors (Lipinski definition) is 2. The second-order valence-corrected chi connectivity index (χ2v) is 3.91. The van der Waals surface area contributed by atoms with E-state index in [0.29, 0.717) is 5.75 Å². The Morgan fingerprint density at radius 2 is 2.11 bits per heavy atom. The minimum Gasteiger partial charge on any atom is -0.497 e. The first-order valence-electron chi connectivity index (χ1n) is 5.84. The van der Waals surface area contributed by atoms with Crippen LogP contribution in [0.4, 0.5) is 4.39 Å². The van der Waals surface area contributed by atoms with Crippen molar-refractivity contribution in [2.45, 2.75) is 25.6 Å². The molecule has 0 aliphatic heterocycles. The minimum absolute atomic E-state index is 0.0994. The highest BCUT2D eigenvalue weighted by atomic mass is 19.1. The summed E-state index contributed by atoms with van der Waals surface area (Å²) in [5.41, 5.74) is -0.0994. The molecule has 0 radical (unpaired) electrons. The Balaban J connectivity index is 2.76. The number of carbonyl (C=O) groups is 1. The quantitative estimate of drug-likeness (QED) is 0.761. The Bertz CT molecular complexity index is 435. The molecule has 0 fully saturated rings. The molecule has 2 N–H and O–H groups in total. The third-order valence-electron chi connectivity index (χ3n) is 2.57. The molecule has 0 saturated carbocycles. The minimum atomic E-state index is -1.50. The number of halogens is 1. The molecular formula is C13H17FO5. The summed E-state index contributed by atoms with van der Waals surface area (Å²) < 4.78 is 23.1. The Hall–Kier alpha value is -1.66. The van der Waals surface area contributed by atoms with Gasteiger partial charge in [-0.15, -0.1) is 0 Å². The lowest BCUT2D eigenvalue weighted by molar-refractivity contribution is -0.147. The predicted molar refractivity (Wildman–Crippen MR) is 65.2 cm³/mol. The fourth-order valence-corrected chi connectivity index (χ4v) is 1.58. The number of hydrogen-bond acceptors (Lipinski definition) is 5.